The van der Waals surface area contributed by atoms with Gasteiger partial charge in [-0.15, -0.1) is 0 Å². The first-order valence-corrected chi connectivity index (χ1v) is 9.37. The second-order valence-corrected chi connectivity index (χ2v) is 7.72. The lowest BCUT2D eigenvalue weighted by atomic mass is 10.1. The first kappa shape index (κ1) is 20.9. The van der Waals surface area contributed by atoms with Gasteiger partial charge in [0.25, 0.3) is 0 Å². The van der Waals surface area contributed by atoms with E-state index in [9.17, 15) is 14.0 Å². The van der Waals surface area contributed by atoms with Crippen LogP contribution in [-0.4, -0.2) is 36.2 Å². The highest BCUT2D eigenvalue weighted by Gasteiger charge is 2.20. The van der Waals surface area contributed by atoms with Crippen LogP contribution >= 0.6 is 11.6 Å². The van der Waals surface area contributed by atoms with Crippen molar-refractivity contribution < 1.29 is 23.5 Å². The zero-order chi connectivity index (χ0) is 21.2. The molecule has 0 saturated carbocycles. The highest BCUT2D eigenvalue weighted by molar-refractivity contribution is 6.30. The monoisotopic (exact) mass is 417 g/mol. The fourth-order valence-electron chi connectivity index (χ4n) is 3.13. The maximum Gasteiger partial charge on any atom is 0.338 e. The Hall–Kier alpha value is -2.86. The number of aldehydes is 1. The zero-order valence-corrected chi connectivity index (χ0v) is 17.1. The van der Waals surface area contributed by atoms with Crippen LogP contribution in [0.15, 0.2) is 42.6 Å². The van der Waals surface area contributed by atoms with Crippen molar-refractivity contribution in [3.8, 4) is 5.75 Å². The number of halogens is 2. The van der Waals surface area contributed by atoms with Crippen LogP contribution in [0.5, 0.6) is 5.75 Å². The van der Waals surface area contributed by atoms with Gasteiger partial charge in [-0.3, -0.25) is 4.79 Å². The Morgan fingerprint density at radius 2 is 2.03 bits per heavy atom. The maximum atomic E-state index is 13.9. The molecule has 2 aromatic carbocycles. The summed E-state index contributed by atoms with van der Waals surface area (Å²) in [6, 6.07) is 10.2. The average Bonchev–Trinajstić information content (AvgIpc) is 3.04. The van der Waals surface area contributed by atoms with E-state index >= 15 is 0 Å². The third-order valence-corrected chi connectivity index (χ3v) is 4.64. The van der Waals surface area contributed by atoms with Crippen LogP contribution in [0, 0.1) is 0 Å². The molecule has 5 nitrogen and oxygen atoms in total. The van der Waals surface area contributed by atoms with Crippen LogP contribution in [-0.2, 0) is 11.3 Å². The summed E-state index contributed by atoms with van der Waals surface area (Å²) in [4.78, 5) is 23.8. The highest BCUT2D eigenvalue weighted by Crippen LogP contribution is 2.29. The van der Waals surface area contributed by atoms with E-state index < -0.39 is 11.6 Å². The van der Waals surface area contributed by atoms with Crippen LogP contribution in [0.4, 0.5) is 4.39 Å². The number of ether oxygens (including phenoxy) is 2. The molecule has 0 spiro atoms. The number of carbonyl (C=O) groups is 2. The van der Waals surface area contributed by atoms with Gasteiger partial charge in [0.2, 0.25) is 0 Å². The van der Waals surface area contributed by atoms with Crippen LogP contribution in [0.25, 0.3) is 10.9 Å². The van der Waals surface area contributed by atoms with Crippen LogP contribution in [0.2, 0.25) is 5.02 Å². The number of hydrogen-bond donors (Lipinski definition) is 0. The molecule has 0 unspecified atom stereocenters. The Morgan fingerprint density at radius 3 is 2.69 bits per heavy atom. The molecule has 7 heteroatoms. The van der Waals surface area contributed by atoms with Crippen molar-refractivity contribution in [3.63, 3.8) is 0 Å². The molecule has 29 heavy (non-hydrogen) atoms. The summed E-state index contributed by atoms with van der Waals surface area (Å²) in [5, 5.41) is 1.03. The van der Waals surface area contributed by atoms with Crippen molar-refractivity contribution in [1.29, 1.82) is 0 Å². The Morgan fingerprint density at radius 1 is 1.28 bits per heavy atom. The number of benzene rings is 2. The van der Waals surface area contributed by atoms with Gasteiger partial charge in [-0.2, -0.15) is 0 Å². The molecule has 0 fully saturated rings. The molecule has 0 N–H and O–H groups in total. The largest absolute Gasteiger partial charge is 0.490 e. The number of rotatable bonds is 7. The van der Waals surface area contributed by atoms with Gasteiger partial charge in [0.15, 0.2) is 6.29 Å². The van der Waals surface area contributed by atoms with Gasteiger partial charge in [-0.25, -0.2) is 9.18 Å². The highest BCUT2D eigenvalue weighted by atomic mass is 35.5. The second kappa shape index (κ2) is 8.25. The van der Waals surface area contributed by atoms with Gasteiger partial charge >= 0.3 is 5.97 Å². The van der Waals surface area contributed by atoms with Crippen LogP contribution in [0.3, 0.4) is 0 Å². The number of aromatic nitrogens is 1. The van der Waals surface area contributed by atoms with Gasteiger partial charge in [-0.1, -0.05) is 17.7 Å². The molecule has 0 aliphatic carbocycles. The Balaban J connectivity index is 2.06. The predicted molar refractivity (Wildman–Crippen MR) is 110 cm³/mol. The number of alkyl halides is 1. The van der Waals surface area contributed by atoms with Gasteiger partial charge in [-0.05, 0) is 44.2 Å². The molecule has 0 radical (unpaired) electrons. The lowest BCUT2D eigenvalue weighted by molar-refractivity contribution is 0.0603. The lowest BCUT2D eigenvalue weighted by Crippen LogP contribution is -2.23. The smallest absolute Gasteiger partial charge is 0.338 e. The molecule has 0 bridgehead atoms. The molecule has 0 aliphatic rings. The van der Waals surface area contributed by atoms with Crippen LogP contribution < -0.4 is 4.74 Å². The zero-order valence-electron chi connectivity index (χ0n) is 16.4. The molecule has 0 amide bonds. The molecule has 0 aliphatic heterocycles. The summed E-state index contributed by atoms with van der Waals surface area (Å²) in [7, 11) is 1.29. The summed E-state index contributed by atoms with van der Waals surface area (Å²) in [5.41, 5.74) is 0.603. The third kappa shape index (κ3) is 4.59. The summed E-state index contributed by atoms with van der Waals surface area (Å²) in [6.45, 7) is 3.08. The SMILES string of the molecule is COC(=O)c1cccc2c1c(C=O)cn2Cc1cc(Cl)ccc1OCC(C)(C)F. The summed E-state index contributed by atoms with van der Waals surface area (Å²) >= 11 is 6.15. The average molecular weight is 418 g/mol. The lowest BCUT2D eigenvalue weighted by Gasteiger charge is -2.18. The van der Waals surface area contributed by atoms with E-state index in [2.05, 4.69) is 0 Å². The predicted octanol–water partition coefficient (Wildman–Crippen LogP) is 5.07. The van der Waals surface area contributed by atoms with E-state index in [0.29, 0.717) is 45.6 Å². The van der Waals surface area contributed by atoms with Gasteiger partial charge < -0.3 is 14.0 Å². The first-order chi connectivity index (χ1) is 13.7. The van der Waals surface area contributed by atoms with Crippen molar-refractivity contribution in [1.82, 2.24) is 4.57 Å². The summed E-state index contributed by atoms with van der Waals surface area (Å²) in [6.07, 6.45) is 2.36. The molecular weight excluding hydrogens is 397 g/mol. The van der Waals surface area contributed by atoms with Gasteiger partial charge in [0, 0.05) is 33.2 Å². The molecule has 3 aromatic rings. The fraction of sp³-hybridized carbons (Fsp3) is 0.273. The fourth-order valence-corrected chi connectivity index (χ4v) is 3.33. The number of nitrogens with zero attached hydrogens (tertiary/aromatic N) is 1. The van der Waals surface area contributed by atoms with Crippen molar-refractivity contribution in [2.24, 2.45) is 0 Å². The number of methoxy groups -OCH3 is 1. The number of esters is 1. The van der Waals surface area contributed by atoms with Gasteiger partial charge in [0.1, 0.15) is 18.0 Å². The third-order valence-electron chi connectivity index (χ3n) is 4.40. The molecule has 0 saturated heterocycles. The van der Waals surface area contributed by atoms with E-state index in [1.54, 1.807) is 36.5 Å². The molecule has 152 valence electrons. The van der Waals surface area contributed by atoms with Crippen LogP contribution in [0.1, 0.15) is 40.1 Å². The number of carbonyl (C=O) groups excluding carboxylic acids is 2. The molecule has 0 atom stereocenters. The maximum absolute atomic E-state index is 13.9. The minimum Gasteiger partial charge on any atom is -0.490 e. The van der Waals surface area contributed by atoms with Gasteiger partial charge in [0.05, 0.1) is 19.2 Å². The van der Waals surface area contributed by atoms with Crippen molar-refractivity contribution in [3.05, 3.63) is 64.3 Å². The van der Waals surface area contributed by atoms with E-state index in [-0.39, 0.29) is 6.61 Å². The van der Waals surface area contributed by atoms with E-state index in [1.165, 1.54) is 21.0 Å². The van der Waals surface area contributed by atoms with E-state index in [0.717, 1.165) is 5.56 Å². The number of fused-ring (bicyclic) bond motifs is 1. The minimum absolute atomic E-state index is 0.111. The Kier molecular flexibility index (Phi) is 5.94. The molecular formula is C22H21ClFNO4. The standard InChI is InChI=1S/C22H21ClFNO4/c1-22(2,24)13-29-19-8-7-16(23)9-14(19)10-25-11-15(12-26)20-17(21(27)28-3)5-4-6-18(20)25/h4-9,11-12H,10,13H2,1-3H3. The Bertz CT molecular complexity index is 1070. The first-order valence-electron chi connectivity index (χ1n) is 8.99. The quantitative estimate of drug-likeness (QED) is 0.398. The Labute approximate surface area is 173 Å². The normalized spacial score (nSPS) is 11.5. The van der Waals surface area contributed by atoms with E-state index in [1.807, 2.05) is 10.6 Å². The summed E-state index contributed by atoms with van der Waals surface area (Å²) in [5.74, 6) is -0.0212. The molecule has 1 aromatic heterocycles. The number of hydrogen-bond acceptors (Lipinski definition) is 4. The van der Waals surface area contributed by atoms with Crippen molar-refractivity contribution >= 4 is 34.8 Å². The van der Waals surface area contributed by atoms with Crippen molar-refractivity contribution in [2.75, 3.05) is 13.7 Å². The molecule has 3 rings (SSSR count). The van der Waals surface area contributed by atoms with E-state index in [4.69, 9.17) is 21.1 Å². The molecule has 1 heterocycles. The topological polar surface area (TPSA) is 57.5 Å². The summed E-state index contributed by atoms with van der Waals surface area (Å²) < 4.78 is 26.2. The minimum atomic E-state index is -1.49. The second-order valence-electron chi connectivity index (χ2n) is 7.28. The van der Waals surface area contributed by atoms with Crippen molar-refractivity contribution in [2.45, 2.75) is 26.1 Å².